The lowest BCUT2D eigenvalue weighted by atomic mass is 10.0. The fraction of sp³-hybridized carbons (Fsp3) is 0.773. The van der Waals surface area contributed by atoms with Crippen LogP contribution in [0.15, 0.2) is 85.1 Å². The third kappa shape index (κ3) is 67.3. The van der Waals surface area contributed by atoms with Crippen LogP contribution < -0.4 is 0 Å². The quantitative estimate of drug-likeness (QED) is 0.0261. The number of rotatable bonds is 64. The topological polar surface area (TPSA) is 78.9 Å². The third-order valence-corrected chi connectivity index (χ3v) is 15.4. The van der Waals surface area contributed by atoms with Gasteiger partial charge in [0.1, 0.15) is 13.2 Å². The van der Waals surface area contributed by atoms with E-state index in [-0.39, 0.29) is 31.1 Å². The van der Waals surface area contributed by atoms with E-state index in [0.717, 1.165) is 103 Å². The van der Waals surface area contributed by atoms with E-state index in [4.69, 9.17) is 14.2 Å². The molecule has 0 rings (SSSR count). The minimum atomic E-state index is -0.779. The molecule has 0 aliphatic rings. The van der Waals surface area contributed by atoms with Crippen LogP contribution in [0.4, 0.5) is 0 Å². The molecule has 0 heterocycles. The van der Waals surface area contributed by atoms with Crippen LogP contribution >= 0.6 is 0 Å². The monoisotopic (exact) mass is 1130 g/mol. The molecule has 0 fully saturated rings. The number of ether oxygens (including phenoxy) is 3. The van der Waals surface area contributed by atoms with Gasteiger partial charge >= 0.3 is 17.9 Å². The van der Waals surface area contributed by atoms with Crippen molar-refractivity contribution in [3.05, 3.63) is 85.1 Å². The average molecular weight is 1130 g/mol. The molecular weight excluding hydrogens is 997 g/mol. The average Bonchev–Trinajstić information content (AvgIpc) is 3.47. The Morgan fingerprint density at radius 1 is 0.259 bits per heavy atom. The Labute approximate surface area is 503 Å². The number of esters is 3. The fourth-order valence-electron chi connectivity index (χ4n) is 10.1. The van der Waals surface area contributed by atoms with Crippen molar-refractivity contribution in [1.82, 2.24) is 0 Å². The maximum Gasteiger partial charge on any atom is 0.306 e. The summed E-state index contributed by atoms with van der Waals surface area (Å²) >= 11 is 0. The second-order valence-corrected chi connectivity index (χ2v) is 23.4. The number of carbonyl (C=O) groups excluding carboxylic acids is 3. The summed E-state index contributed by atoms with van der Waals surface area (Å²) in [6.07, 6.45) is 91.9. The van der Waals surface area contributed by atoms with Crippen LogP contribution in [0.1, 0.15) is 355 Å². The highest BCUT2D eigenvalue weighted by atomic mass is 16.6. The highest BCUT2D eigenvalue weighted by Gasteiger charge is 2.19. The Morgan fingerprint density at radius 2 is 0.494 bits per heavy atom. The molecule has 6 nitrogen and oxygen atoms in total. The van der Waals surface area contributed by atoms with Crippen molar-refractivity contribution in [1.29, 1.82) is 0 Å². The van der Waals surface area contributed by atoms with Crippen LogP contribution in [0, 0.1) is 0 Å². The standard InChI is InChI=1S/C75H132O6/c1-4-7-10-13-16-19-22-24-26-28-30-32-33-34-35-36-37-38-39-40-41-43-44-46-48-50-53-56-59-62-65-68-74(77)80-71-72(70-79-73(76)67-64-61-58-55-52-21-18-15-12-9-6-3)81-75(78)69-66-63-60-57-54-51-49-47-45-42-31-29-27-25-23-20-17-14-11-8-5-2/h7,10,15-16,18-19,24,26,30,32,34-35,37-38,72H,4-6,8-9,11-14,17,20-23,25,27-29,31,33,36,39-71H2,1-3H3/b10-7-,18-15-,19-16-,26-24-,32-30-,35-34-,38-37-. The first-order valence-electron chi connectivity index (χ1n) is 35.1. The summed E-state index contributed by atoms with van der Waals surface area (Å²) in [7, 11) is 0. The molecule has 1 unspecified atom stereocenters. The van der Waals surface area contributed by atoms with Crippen molar-refractivity contribution >= 4 is 17.9 Å². The molecule has 6 heteroatoms. The van der Waals surface area contributed by atoms with E-state index < -0.39 is 6.10 Å². The van der Waals surface area contributed by atoms with E-state index in [1.165, 1.54) is 212 Å². The second-order valence-electron chi connectivity index (χ2n) is 23.4. The summed E-state index contributed by atoms with van der Waals surface area (Å²) in [5, 5.41) is 0. The zero-order valence-electron chi connectivity index (χ0n) is 53.8. The Kier molecular flexibility index (Phi) is 66.2. The maximum atomic E-state index is 12.9. The summed E-state index contributed by atoms with van der Waals surface area (Å²) in [6.45, 7) is 6.53. The SMILES string of the molecule is CC/C=C\C/C=C\C/C=C\C/C=C\C/C=C\C/C=C\CCCCCCCCCCCCCCC(=O)OCC(COC(=O)CCCCCCC/C=C\CCCC)OC(=O)CCCCCCCCCCCCCCCCCCCCCCC. The van der Waals surface area contributed by atoms with Gasteiger partial charge in [0.15, 0.2) is 6.10 Å². The molecule has 0 N–H and O–H groups in total. The van der Waals surface area contributed by atoms with Crippen LogP contribution in [-0.2, 0) is 28.6 Å². The maximum absolute atomic E-state index is 12.9. The van der Waals surface area contributed by atoms with E-state index in [1.807, 2.05) is 0 Å². The molecule has 0 aliphatic carbocycles. The van der Waals surface area contributed by atoms with Crippen LogP contribution in [0.3, 0.4) is 0 Å². The smallest absolute Gasteiger partial charge is 0.306 e. The van der Waals surface area contributed by atoms with Crippen LogP contribution in [0.5, 0.6) is 0 Å². The first-order chi connectivity index (χ1) is 40.0. The van der Waals surface area contributed by atoms with E-state index in [9.17, 15) is 14.4 Å². The van der Waals surface area contributed by atoms with E-state index in [1.54, 1.807) is 0 Å². The molecule has 0 aromatic carbocycles. The predicted molar refractivity (Wildman–Crippen MR) is 353 cm³/mol. The van der Waals surface area contributed by atoms with Gasteiger partial charge in [0.2, 0.25) is 0 Å². The van der Waals surface area contributed by atoms with Gasteiger partial charge in [0.25, 0.3) is 0 Å². The van der Waals surface area contributed by atoms with E-state index in [0.29, 0.717) is 19.3 Å². The van der Waals surface area contributed by atoms with E-state index >= 15 is 0 Å². The van der Waals surface area contributed by atoms with Crippen molar-refractivity contribution in [3.8, 4) is 0 Å². The molecule has 0 aromatic rings. The van der Waals surface area contributed by atoms with Gasteiger partial charge in [0.05, 0.1) is 0 Å². The lowest BCUT2D eigenvalue weighted by Crippen LogP contribution is -2.30. The number of allylic oxidation sites excluding steroid dienone is 14. The summed E-state index contributed by atoms with van der Waals surface area (Å²) < 4.78 is 17.0. The number of hydrogen-bond donors (Lipinski definition) is 0. The Balaban J connectivity index is 4.19. The van der Waals surface area contributed by atoms with Crippen molar-refractivity contribution in [3.63, 3.8) is 0 Å². The zero-order chi connectivity index (χ0) is 58.5. The molecule has 0 amide bonds. The minimum Gasteiger partial charge on any atom is -0.462 e. The van der Waals surface area contributed by atoms with Gasteiger partial charge in [-0.3, -0.25) is 14.4 Å². The van der Waals surface area contributed by atoms with Gasteiger partial charge in [-0.1, -0.05) is 331 Å². The predicted octanol–water partition coefficient (Wildman–Crippen LogP) is 24.2. The summed E-state index contributed by atoms with van der Waals surface area (Å²) in [5.74, 6) is -0.868. The Morgan fingerprint density at radius 3 is 0.802 bits per heavy atom. The van der Waals surface area contributed by atoms with E-state index in [2.05, 4.69) is 106 Å². The van der Waals surface area contributed by atoms with Gasteiger partial charge in [-0.2, -0.15) is 0 Å². The van der Waals surface area contributed by atoms with Crippen molar-refractivity contribution < 1.29 is 28.6 Å². The van der Waals surface area contributed by atoms with Crippen molar-refractivity contribution in [2.24, 2.45) is 0 Å². The Bertz CT molecular complexity index is 1530. The normalized spacial score (nSPS) is 12.6. The number of hydrogen-bond acceptors (Lipinski definition) is 6. The second kappa shape index (κ2) is 69.1. The van der Waals surface area contributed by atoms with Crippen LogP contribution in [0.25, 0.3) is 0 Å². The molecule has 468 valence electrons. The molecule has 0 spiro atoms. The third-order valence-electron chi connectivity index (χ3n) is 15.4. The van der Waals surface area contributed by atoms with Crippen LogP contribution in [-0.4, -0.2) is 37.2 Å². The molecule has 0 radical (unpaired) electrons. The first-order valence-corrected chi connectivity index (χ1v) is 35.1. The summed E-state index contributed by atoms with van der Waals surface area (Å²) in [4.78, 5) is 38.4. The lowest BCUT2D eigenvalue weighted by Gasteiger charge is -2.18. The van der Waals surface area contributed by atoms with Crippen LogP contribution in [0.2, 0.25) is 0 Å². The molecule has 81 heavy (non-hydrogen) atoms. The summed E-state index contributed by atoms with van der Waals surface area (Å²) in [5.41, 5.74) is 0. The van der Waals surface area contributed by atoms with Crippen molar-refractivity contribution in [2.75, 3.05) is 13.2 Å². The molecule has 1 atom stereocenters. The zero-order valence-corrected chi connectivity index (χ0v) is 53.8. The molecule has 0 aliphatic heterocycles. The molecular formula is C75H132O6. The Hall–Kier alpha value is -3.41. The highest BCUT2D eigenvalue weighted by Crippen LogP contribution is 2.18. The minimum absolute atomic E-state index is 0.0759. The largest absolute Gasteiger partial charge is 0.462 e. The van der Waals surface area contributed by atoms with Crippen molar-refractivity contribution in [2.45, 2.75) is 361 Å². The fourth-order valence-corrected chi connectivity index (χ4v) is 10.1. The van der Waals surface area contributed by atoms with Gasteiger partial charge in [-0.25, -0.2) is 0 Å². The number of carbonyl (C=O) groups is 3. The van der Waals surface area contributed by atoms with Gasteiger partial charge < -0.3 is 14.2 Å². The first kappa shape index (κ1) is 77.6. The van der Waals surface area contributed by atoms with Gasteiger partial charge in [0, 0.05) is 19.3 Å². The van der Waals surface area contributed by atoms with Gasteiger partial charge in [-0.15, -0.1) is 0 Å². The molecule has 0 aromatic heterocycles. The highest BCUT2D eigenvalue weighted by molar-refractivity contribution is 5.71. The molecule has 0 bridgehead atoms. The molecule has 0 saturated heterocycles. The number of unbranched alkanes of at least 4 members (excludes halogenated alkanes) is 39. The summed E-state index contributed by atoms with van der Waals surface area (Å²) in [6, 6.07) is 0. The van der Waals surface area contributed by atoms with Gasteiger partial charge in [-0.05, 0) is 89.9 Å². The molecule has 0 saturated carbocycles. The lowest BCUT2D eigenvalue weighted by molar-refractivity contribution is -0.167.